The molecule has 2 aromatic carbocycles. The molecule has 1 saturated carbocycles. The summed E-state index contributed by atoms with van der Waals surface area (Å²) in [6, 6.07) is 13.5. The van der Waals surface area contributed by atoms with Gasteiger partial charge in [0.25, 0.3) is 5.69 Å². The van der Waals surface area contributed by atoms with Crippen LogP contribution in [0.25, 0.3) is 6.08 Å². The molecule has 0 atom stereocenters. The Morgan fingerprint density at radius 3 is 2.48 bits per heavy atom. The summed E-state index contributed by atoms with van der Waals surface area (Å²) in [6.07, 6.45) is 8.77. The third-order valence-corrected chi connectivity index (χ3v) is 5.15. The first kappa shape index (κ1) is 20.5. The number of nitro benzene ring substituents is 1. The van der Waals surface area contributed by atoms with Crippen molar-refractivity contribution in [2.75, 3.05) is 6.61 Å². The fraction of sp³-hybridized carbons (Fsp3) is 0.304. The van der Waals surface area contributed by atoms with Crippen molar-refractivity contribution >= 4 is 23.5 Å². The first-order valence-electron chi connectivity index (χ1n) is 9.75. The van der Waals surface area contributed by atoms with Gasteiger partial charge in [-0.2, -0.15) is 0 Å². The highest BCUT2D eigenvalue weighted by Gasteiger charge is 2.16. The number of rotatable bonds is 7. The molecule has 1 aliphatic rings. The third-order valence-electron chi connectivity index (χ3n) is 5.15. The second-order valence-electron chi connectivity index (χ2n) is 7.17. The van der Waals surface area contributed by atoms with Gasteiger partial charge in [0, 0.05) is 23.8 Å². The Bertz CT molecular complexity index is 911. The lowest BCUT2D eigenvalue weighted by molar-refractivity contribution is -0.384. The maximum Gasteiger partial charge on any atom is 0.331 e. The van der Waals surface area contributed by atoms with Gasteiger partial charge in [-0.15, -0.1) is 0 Å². The molecule has 0 spiro atoms. The van der Waals surface area contributed by atoms with Crippen LogP contribution < -0.4 is 0 Å². The van der Waals surface area contributed by atoms with Crippen molar-refractivity contribution in [3.8, 4) is 0 Å². The van der Waals surface area contributed by atoms with Gasteiger partial charge in [0.2, 0.25) is 0 Å². The Balaban J connectivity index is 1.51. The number of hydrogen-bond donors (Lipinski definition) is 0. The van der Waals surface area contributed by atoms with Crippen LogP contribution in [0.15, 0.2) is 54.6 Å². The van der Waals surface area contributed by atoms with E-state index in [9.17, 15) is 19.7 Å². The molecule has 0 unspecified atom stereocenters. The van der Waals surface area contributed by atoms with Gasteiger partial charge in [0.1, 0.15) is 0 Å². The number of nitrogens with zero attached hydrogens (tertiary/aromatic N) is 1. The maximum absolute atomic E-state index is 12.3. The van der Waals surface area contributed by atoms with Crippen molar-refractivity contribution in [2.24, 2.45) is 0 Å². The monoisotopic (exact) mass is 393 g/mol. The number of benzene rings is 2. The van der Waals surface area contributed by atoms with E-state index < -0.39 is 10.9 Å². The summed E-state index contributed by atoms with van der Waals surface area (Å²) in [5.74, 6) is -0.370. The number of hydrogen-bond acceptors (Lipinski definition) is 5. The minimum atomic E-state index is -0.677. The second kappa shape index (κ2) is 9.78. The van der Waals surface area contributed by atoms with Gasteiger partial charge in [0.15, 0.2) is 12.4 Å². The van der Waals surface area contributed by atoms with Gasteiger partial charge in [-0.25, -0.2) is 4.79 Å². The summed E-state index contributed by atoms with van der Waals surface area (Å²) in [7, 11) is 0. The molecule has 0 aliphatic heterocycles. The number of carbonyl (C=O) groups excluding carboxylic acids is 2. The quantitative estimate of drug-likeness (QED) is 0.215. The molecule has 0 saturated heterocycles. The molecule has 0 radical (unpaired) electrons. The number of ketones is 1. The second-order valence-corrected chi connectivity index (χ2v) is 7.17. The number of ether oxygens (including phenoxy) is 1. The highest BCUT2D eigenvalue weighted by Crippen LogP contribution is 2.32. The first-order chi connectivity index (χ1) is 14.0. The van der Waals surface area contributed by atoms with Crippen LogP contribution >= 0.6 is 0 Å². The van der Waals surface area contributed by atoms with Crippen LogP contribution in [0.1, 0.15) is 59.5 Å². The number of carbonyl (C=O) groups is 2. The molecule has 29 heavy (non-hydrogen) atoms. The summed E-state index contributed by atoms with van der Waals surface area (Å²) in [6.45, 7) is -0.346. The summed E-state index contributed by atoms with van der Waals surface area (Å²) < 4.78 is 5.00. The number of nitro groups is 1. The molecule has 6 nitrogen and oxygen atoms in total. The van der Waals surface area contributed by atoms with E-state index >= 15 is 0 Å². The molecule has 3 rings (SSSR count). The molecule has 2 aromatic rings. The highest BCUT2D eigenvalue weighted by molar-refractivity contribution is 5.98. The average molecular weight is 393 g/mol. The first-order valence-corrected chi connectivity index (χ1v) is 9.75. The number of non-ortho nitro benzene ring substituents is 1. The van der Waals surface area contributed by atoms with Crippen LogP contribution in [-0.4, -0.2) is 23.3 Å². The van der Waals surface area contributed by atoms with E-state index in [0.29, 0.717) is 17.0 Å². The van der Waals surface area contributed by atoms with E-state index in [4.69, 9.17) is 4.74 Å². The van der Waals surface area contributed by atoms with Gasteiger partial charge in [0.05, 0.1) is 4.92 Å². The lowest BCUT2D eigenvalue weighted by atomic mass is 9.84. The van der Waals surface area contributed by atoms with Crippen molar-refractivity contribution in [2.45, 2.75) is 38.0 Å². The summed E-state index contributed by atoms with van der Waals surface area (Å²) >= 11 is 0. The Kier molecular flexibility index (Phi) is 6.89. The lowest BCUT2D eigenvalue weighted by Gasteiger charge is -2.22. The topological polar surface area (TPSA) is 86.5 Å². The number of Topliss-reactive ketones (excluding diaryl/α,β-unsaturated/α-hetero) is 1. The Hall–Kier alpha value is -3.28. The largest absolute Gasteiger partial charge is 0.454 e. The van der Waals surface area contributed by atoms with Crippen LogP contribution in [0.5, 0.6) is 0 Å². The van der Waals surface area contributed by atoms with Crippen LogP contribution in [-0.2, 0) is 9.53 Å². The molecule has 6 heteroatoms. The predicted octanol–water partition coefficient (Wildman–Crippen LogP) is 5.08. The molecule has 0 N–H and O–H groups in total. The van der Waals surface area contributed by atoms with Crippen molar-refractivity contribution in [1.29, 1.82) is 0 Å². The van der Waals surface area contributed by atoms with Crippen LogP contribution in [0.2, 0.25) is 0 Å². The predicted molar refractivity (Wildman–Crippen MR) is 110 cm³/mol. The van der Waals surface area contributed by atoms with Crippen molar-refractivity contribution in [3.05, 3.63) is 81.4 Å². The normalized spacial score (nSPS) is 14.6. The van der Waals surface area contributed by atoms with E-state index in [2.05, 4.69) is 0 Å². The molecule has 1 fully saturated rings. The highest BCUT2D eigenvalue weighted by atomic mass is 16.6. The van der Waals surface area contributed by atoms with Gasteiger partial charge in [-0.1, -0.05) is 55.7 Å². The maximum atomic E-state index is 12.3. The summed E-state index contributed by atoms with van der Waals surface area (Å²) in [5, 5.41) is 10.8. The zero-order chi connectivity index (χ0) is 20.6. The molecule has 1 aliphatic carbocycles. The standard InChI is InChI=1S/C23H23NO5/c25-22(20-12-10-19(11-13-20)18-6-2-1-3-7-18)16-29-23(26)14-9-17-5-4-8-21(15-17)24(27)28/h4-5,8-15,18H,1-3,6-7,16H2/b14-9+. The van der Waals surface area contributed by atoms with Crippen LogP contribution in [0.3, 0.4) is 0 Å². The fourth-order valence-corrected chi connectivity index (χ4v) is 3.55. The fourth-order valence-electron chi connectivity index (χ4n) is 3.55. The molecular weight excluding hydrogens is 370 g/mol. The number of esters is 1. The molecule has 150 valence electrons. The van der Waals surface area contributed by atoms with Gasteiger partial charge < -0.3 is 4.74 Å². The summed E-state index contributed by atoms with van der Waals surface area (Å²) in [4.78, 5) is 34.4. The van der Waals surface area contributed by atoms with E-state index in [1.54, 1.807) is 18.2 Å². The SMILES string of the molecule is O=C(/C=C/c1cccc([N+](=O)[O-])c1)OCC(=O)c1ccc(C2CCCCC2)cc1. The lowest BCUT2D eigenvalue weighted by Crippen LogP contribution is -2.13. The van der Waals surface area contributed by atoms with Gasteiger partial charge in [-0.3, -0.25) is 14.9 Å². The minimum Gasteiger partial charge on any atom is -0.454 e. The smallest absolute Gasteiger partial charge is 0.331 e. The zero-order valence-electron chi connectivity index (χ0n) is 16.1. The third kappa shape index (κ3) is 5.85. The van der Waals surface area contributed by atoms with Gasteiger partial charge >= 0.3 is 5.97 Å². The zero-order valence-corrected chi connectivity index (χ0v) is 16.1. The molecule has 0 amide bonds. The van der Waals surface area contributed by atoms with E-state index in [1.165, 1.54) is 61.9 Å². The summed E-state index contributed by atoms with van der Waals surface area (Å²) in [5.41, 5.74) is 2.21. The van der Waals surface area contributed by atoms with E-state index in [1.807, 2.05) is 12.1 Å². The molecule has 0 heterocycles. The van der Waals surface area contributed by atoms with Crippen molar-refractivity contribution in [1.82, 2.24) is 0 Å². The molecular formula is C23H23NO5. The Labute approximate surface area is 169 Å². The minimum absolute atomic E-state index is 0.0626. The average Bonchev–Trinajstić information content (AvgIpc) is 2.77. The van der Waals surface area contributed by atoms with E-state index in [0.717, 1.165) is 6.08 Å². The van der Waals surface area contributed by atoms with Crippen molar-refractivity contribution < 1.29 is 19.2 Å². The van der Waals surface area contributed by atoms with Crippen LogP contribution in [0, 0.1) is 10.1 Å². The van der Waals surface area contributed by atoms with Crippen molar-refractivity contribution in [3.63, 3.8) is 0 Å². The molecule has 0 aromatic heterocycles. The molecule has 0 bridgehead atoms. The Morgan fingerprint density at radius 2 is 1.79 bits per heavy atom. The van der Waals surface area contributed by atoms with Gasteiger partial charge in [-0.05, 0) is 36.0 Å². The van der Waals surface area contributed by atoms with Crippen LogP contribution in [0.4, 0.5) is 5.69 Å². The van der Waals surface area contributed by atoms with E-state index in [-0.39, 0.29) is 18.1 Å². The Morgan fingerprint density at radius 1 is 1.07 bits per heavy atom.